The molecule has 0 spiro atoms. The Balaban J connectivity index is 1.93. The number of carbonyl (C=O) groups is 2. The second-order valence-electron chi connectivity index (χ2n) is 4.62. The second kappa shape index (κ2) is 7.14. The molecule has 0 saturated heterocycles. The molecule has 0 heterocycles. The van der Waals surface area contributed by atoms with Crippen LogP contribution >= 0.6 is 0 Å². The Morgan fingerprint density at radius 2 is 1.43 bits per heavy atom. The highest BCUT2D eigenvalue weighted by molar-refractivity contribution is 6.09. The number of benzene rings is 2. The predicted octanol–water partition coefficient (Wildman–Crippen LogP) is 3.07. The maximum atomic E-state index is 12.0. The first-order valence-corrected chi connectivity index (χ1v) is 6.63. The fraction of sp³-hybridized carbons (Fsp3) is 0.118. The van der Waals surface area contributed by atoms with Crippen molar-refractivity contribution in [1.82, 2.24) is 5.43 Å². The zero-order valence-electron chi connectivity index (χ0n) is 11.7. The van der Waals surface area contributed by atoms with Crippen LogP contribution in [0.2, 0.25) is 0 Å². The first kappa shape index (κ1) is 14.7. The molecule has 2 rings (SSSR count). The van der Waals surface area contributed by atoms with Crippen LogP contribution in [-0.4, -0.2) is 17.4 Å². The van der Waals surface area contributed by atoms with Gasteiger partial charge in [-0.05, 0) is 19.1 Å². The Hall–Kier alpha value is -2.75. The molecule has 1 amide bonds. The number of rotatable bonds is 5. The summed E-state index contributed by atoms with van der Waals surface area (Å²) in [7, 11) is 0. The van der Waals surface area contributed by atoms with Crippen molar-refractivity contribution in [3.8, 4) is 0 Å². The minimum Gasteiger partial charge on any atom is -0.294 e. The topological polar surface area (TPSA) is 58.5 Å². The molecule has 106 valence electrons. The van der Waals surface area contributed by atoms with E-state index in [1.54, 1.807) is 43.3 Å². The maximum absolute atomic E-state index is 12.0. The molecular formula is C17H16N2O2. The number of hydrogen-bond acceptors (Lipinski definition) is 3. The second-order valence-corrected chi connectivity index (χ2v) is 4.62. The van der Waals surface area contributed by atoms with Gasteiger partial charge in [-0.25, -0.2) is 5.43 Å². The van der Waals surface area contributed by atoms with Crippen molar-refractivity contribution >= 4 is 17.4 Å². The summed E-state index contributed by atoms with van der Waals surface area (Å²) >= 11 is 0. The number of ketones is 1. The molecule has 0 aliphatic rings. The molecule has 1 N–H and O–H groups in total. The minimum absolute atomic E-state index is 0.0224. The van der Waals surface area contributed by atoms with E-state index < -0.39 is 0 Å². The Labute approximate surface area is 123 Å². The fourth-order valence-corrected chi connectivity index (χ4v) is 1.80. The Bertz CT molecular complexity index is 649. The fourth-order valence-electron chi connectivity index (χ4n) is 1.80. The van der Waals surface area contributed by atoms with E-state index in [-0.39, 0.29) is 18.1 Å². The van der Waals surface area contributed by atoms with Crippen LogP contribution in [0.15, 0.2) is 65.8 Å². The van der Waals surface area contributed by atoms with Crippen LogP contribution in [0.5, 0.6) is 0 Å². The summed E-state index contributed by atoms with van der Waals surface area (Å²) in [6.45, 7) is 1.71. The van der Waals surface area contributed by atoms with Gasteiger partial charge in [-0.15, -0.1) is 0 Å². The molecule has 0 aliphatic heterocycles. The summed E-state index contributed by atoms with van der Waals surface area (Å²) in [6, 6.07) is 17.8. The summed E-state index contributed by atoms with van der Waals surface area (Å²) in [5.41, 5.74) is 4.19. The molecule has 0 fully saturated rings. The van der Waals surface area contributed by atoms with Gasteiger partial charge in [0.05, 0.1) is 6.42 Å². The van der Waals surface area contributed by atoms with Crippen molar-refractivity contribution < 1.29 is 9.59 Å². The van der Waals surface area contributed by atoms with Gasteiger partial charge in [-0.2, -0.15) is 5.10 Å². The molecule has 4 nitrogen and oxygen atoms in total. The molecule has 0 unspecified atom stereocenters. The highest BCUT2D eigenvalue weighted by atomic mass is 16.2. The quantitative estimate of drug-likeness (QED) is 0.520. The molecule has 4 heteroatoms. The lowest BCUT2D eigenvalue weighted by Gasteiger charge is -2.03. The third-order valence-electron chi connectivity index (χ3n) is 2.90. The van der Waals surface area contributed by atoms with E-state index in [9.17, 15) is 9.59 Å². The Kier molecular flexibility index (Phi) is 4.99. The lowest BCUT2D eigenvalue weighted by atomic mass is 10.1. The van der Waals surface area contributed by atoms with E-state index in [4.69, 9.17) is 0 Å². The van der Waals surface area contributed by atoms with E-state index in [1.807, 2.05) is 24.3 Å². The monoisotopic (exact) mass is 280 g/mol. The highest BCUT2D eigenvalue weighted by Crippen LogP contribution is 2.04. The summed E-state index contributed by atoms with van der Waals surface area (Å²) in [5.74, 6) is -0.312. The van der Waals surface area contributed by atoms with Gasteiger partial charge in [-0.1, -0.05) is 48.5 Å². The third-order valence-corrected chi connectivity index (χ3v) is 2.90. The van der Waals surface area contributed by atoms with Crippen LogP contribution in [0.3, 0.4) is 0 Å². The number of nitrogens with one attached hydrogen (secondary N) is 1. The van der Waals surface area contributed by atoms with Crippen molar-refractivity contribution in [3.63, 3.8) is 0 Å². The Morgan fingerprint density at radius 3 is 2.00 bits per heavy atom. The number of Topliss-reactive ketones (excluding diaryl/α,β-unsaturated/α-hetero) is 1. The van der Waals surface area contributed by atoms with Crippen molar-refractivity contribution in [1.29, 1.82) is 0 Å². The zero-order valence-corrected chi connectivity index (χ0v) is 11.7. The molecule has 0 atom stereocenters. The molecule has 2 aromatic rings. The van der Waals surface area contributed by atoms with Crippen molar-refractivity contribution in [2.75, 3.05) is 0 Å². The lowest BCUT2D eigenvalue weighted by molar-refractivity contribution is 0.0951. The van der Waals surface area contributed by atoms with Crippen molar-refractivity contribution in [3.05, 3.63) is 71.8 Å². The van der Waals surface area contributed by atoms with Crippen molar-refractivity contribution in [2.45, 2.75) is 13.3 Å². The molecule has 2 aromatic carbocycles. The van der Waals surface area contributed by atoms with E-state index in [0.29, 0.717) is 16.8 Å². The SMILES string of the molecule is C/C(CC(=O)c1ccccc1)=N\NC(=O)c1ccccc1. The largest absolute Gasteiger partial charge is 0.294 e. The van der Waals surface area contributed by atoms with E-state index in [1.165, 1.54) is 0 Å². The predicted molar refractivity (Wildman–Crippen MR) is 82.4 cm³/mol. The van der Waals surface area contributed by atoms with Gasteiger partial charge in [0.2, 0.25) is 0 Å². The third kappa shape index (κ3) is 4.38. The van der Waals surface area contributed by atoms with Crippen LogP contribution in [-0.2, 0) is 0 Å². The van der Waals surface area contributed by atoms with Gasteiger partial charge in [0, 0.05) is 16.8 Å². The van der Waals surface area contributed by atoms with E-state index in [2.05, 4.69) is 10.5 Å². The van der Waals surface area contributed by atoms with Gasteiger partial charge >= 0.3 is 0 Å². The smallest absolute Gasteiger partial charge is 0.271 e. The van der Waals surface area contributed by atoms with Gasteiger partial charge in [0.15, 0.2) is 5.78 Å². The lowest BCUT2D eigenvalue weighted by Crippen LogP contribution is -2.19. The molecule has 0 aromatic heterocycles. The maximum Gasteiger partial charge on any atom is 0.271 e. The number of carbonyl (C=O) groups excluding carboxylic acids is 2. The summed E-state index contributed by atoms with van der Waals surface area (Å²) in [4.78, 5) is 23.8. The van der Waals surface area contributed by atoms with E-state index in [0.717, 1.165) is 0 Å². The summed E-state index contributed by atoms with van der Waals surface area (Å²) < 4.78 is 0. The molecule has 21 heavy (non-hydrogen) atoms. The van der Waals surface area contributed by atoms with Crippen molar-refractivity contribution in [2.24, 2.45) is 5.10 Å². The normalized spacial score (nSPS) is 11.0. The zero-order chi connectivity index (χ0) is 15.1. The highest BCUT2D eigenvalue weighted by Gasteiger charge is 2.08. The van der Waals surface area contributed by atoms with Gasteiger partial charge in [0.25, 0.3) is 5.91 Å². The van der Waals surface area contributed by atoms with Crippen LogP contribution in [0.25, 0.3) is 0 Å². The van der Waals surface area contributed by atoms with Gasteiger partial charge in [0.1, 0.15) is 0 Å². The molecule has 0 radical (unpaired) electrons. The Morgan fingerprint density at radius 1 is 0.905 bits per heavy atom. The first-order chi connectivity index (χ1) is 10.2. The first-order valence-electron chi connectivity index (χ1n) is 6.63. The average Bonchev–Trinajstić information content (AvgIpc) is 2.54. The van der Waals surface area contributed by atoms with Crippen LogP contribution in [0.1, 0.15) is 34.1 Å². The van der Waals surface area contributed by atoms with Crippen LogP contribution in [0, 0.1) is 0 Å². The number of nitrogens with zero attached hydrogens (tertiary/aromatic N) is 1. The molecule has 0 saturated carbocycles. The van der Waals surface area contributed by atoms with E-state index >= 15 is 0 Å². The summed E-state index contributed by atoms with van der Waals surface area (Å²) in [5, 5.41) is 3.96. The number of hydrogen-bond donors (Lipinski definition) is 1. The molecular weight excluding hydrogens is 264 g/mol. The standard InChI is InChI=1S/C17H16N2O2/c1-13(12-16(20)14-8-4-2-5-9-14)18-19-17(21)15-10-6-3-7-11-15/h2-11H,12H2,1H3,(H,19,21)/b18-13+. The van der Waals surface area contributed by atoms with Crippen LogP contribution in [0.4, 0.5) is 0 Å². The number of amides is 1. The summed E-state index contributed by atoms with van der Waals surface area (Å²) in [6.07, 6.45) is 0.180. The van der Waals surface area contributed by atoms with Gasteiger partial charge < -0.3 is 0 Å². The number of hydrazone groups is 1. The molecule has 0 bridgehead atoms. The minimum atomic E-state index is -0.290. The average molecular weight is 280 g/mol. The molecule has 0 aliphatic carbocycles. The van der Waals surface area contributed by atoms with Gasteiger partial charge in [-0.3, -0.25) is 9.59 Å². The van der Waals surface area contributed by atoms with Crippen LogP contribution < -0.4 is 5.43 Å².